The van der Waals surface area contributed by atoms with Gasteiger partial charge in [0.25, 0.3) is 0 Å². The van der Waals surface area contributed by atoms with E-state index in [0.29, 0.717) is 6.54 Å². The molecule has 4 nitrogen and oxygen atoms in total. The molecule has 2 aromatic carbocycles. The number of anilines is 1. The van der Waals surface area contributed by atoms with Gasteiger partial charge in [0, 0.05) is 17.8 Å². The van der Waals surface area contributed by atoms with Gasteiger partial charge in [-0.2, -0.15) is 0 Å². The Bertz CT molecular complexity index is 1040. The third kappa shape index (κ3) is 4.09. The van der Waals surface area contributed by atoms with Crippen LogP contribution in [0.15, 0.2) is 60.7 Å². The average molecular weight is 375 g/mol. The van der Waals surface area contributed by atoms with E-state index in [2.05, 4.69) is 42.6 Å². The molecule has 2 aromatic heterocycles. The first kappa shape index (κ1) is 17.5. The quantitative estimate of drug-likeness (QED) is 0.502. The second kappa shape index (κ2) is 7.76. The van der Waals surface area contributed by atoms with Gasteiger partial charge in [-0.3, -0.25) is 0 Å². The summed E-state index contributed by atoms with van der Waals surface area (Å²) in [6.07, 6.45) is 0.727. The van der Waals surface area contributed by atoms with Gasteiger partial charge in [-0.1, -0.05) is 42.5 Å². The number of aryl methyl sites for hydroxylation is 1. The fourth-order valence-electron chi connectivity index (χ4n) is 3.01. The van der Waals surface area contributed by atoms with E-state index in [1.54, 1.807) is 18.4 Å². The fourth-order valence-corrected chi connectivity index (χ4v) is 3.91. The van der Waals surface area contributed by atoms with Crippen LogP contribution in [-0.4, -0.2) is 17.1 Å². The number of nitrogens with zero attached hydrogens (tertiary/aromatic N) is 2. The van der Waals surface area contributed by atoms with Crippen molar-refractivity contribution in [1.82, 2.24) is 9.97 Å². The molecule has 0 aliphatic carbocycles. The molecule has 0 saturated carbocycles. The van der Waals surface area contributed by atoms with E-state index < -0.39 is 0 Å². The highest BCUT2D eigenvalue weighted by Gasteiger charge is 2.11. The molecule has 27 heavy (non-hydrogen) atoms. The molecule has 1 N–H and O–H groups in total. The smallest absolute Gasteiger partial charge is 0.138 e. The molecule has 2 heterocycles. The lowest BCUT2D eigenvalue weighted by Gasteiger charge is -2.10. The second-order valence-corrected chi connectivity index (χ2v) is 7.66. The molecule has 4 rings (SSSR count). The Hall–Kier alpha value is -2.92. The first-order valence-corrected chi connectivity index (χ1v) is 9.71. The Morgan fingerprint density at radius 3 is 2.48 bits per heavy atom. The standard InChI is InChI=1S/C22H21N3OS/c1-15-12-19-21(23-14-17-8-10-18(26-2)11-9-17)24-20(25-22(19)27-15)13-16-6-4-3-5-7-16/h3-12H,13-14H2,1-2H3,(H,23,24,25). The van der Waals surface area contributed by atoms with Gasteiger partial charge in [0.15, 0.2) is 0 Å². The number of aromatic nitrogens is 2. The van der Waals surface area contributed by atoms with Crippen molar-refractivity contribution < 1.29 is 4.74 Å². The topological polar surface area (TPSA) is 47.0 Å². The summed E-state index contributed by atoms with van der Waals surface area (Å²) >= 11 is 1.71. The van der Waals surface area contributed by atoms with Crippen LogP contribution in [0.2, 0.25) is 0 Å². The second-order valence-electron chi connectivity index (χ2n) is 6.43. The summed E-state index contributed by atoms with van der Waals surface area (Å²) in [4.78, 5) is 11.9. The van der Waals surface area contributed by atoms with Crippen molar-refractivity contribution >= 4 is 27.4 Å². The van der Waals surface area contributed by atoms with Gasteiger partial charge in [-0.15, -0.1) is 11.3 Å². The van der Waals surface area contributed by atoms with Gasteiger partial charge in [0.05, 0.1) is 12.5 Å². The normalized spacial score (nSPS) is 10.9. The first-order chi connectivity index (χ1) is 13.2. The molecule has 0 atom stereocenters. The molecular formula is C22H21N3OS. The summed E-state index contributed by atoms with van der Waals surface area (Å²) in [5.74, 6) is 2.60. The molecule has 0 aliphatic heterocycles. The number of nitrogens with one attached hydrogen (secondary N) is 1. The van der Waals surface area contributed by atoms with E-state index in [4.69, 9.17) is 14.7 Å². The molecule has 0 bridgehead atoms. The van der Waals surface area contributed by atoms with Crippen LogP contribution in [0.3, 0.4) is 0 Å². The number of benzene rings is 2. The van der Waals surface area contributed by atoms with Crippen LogP contribution in [-0.2, 0) is 13.0 Å². The first-order valence-electron chi connectivity index (χ1n) is 8.89. The average Bonchev–Trinajstić information content (AvgIpc) is 3.07. The van der Waals surface area contributed by atoms with E-state index in [1.165, 1.54) is 16.0 Å². The van der Waals surface area contributed by atoms with Crippen molar-refractivity contribution in [3.63, 3.8) is 0 Å². The monoisotopic (exact) mass is 375 g/mol. The summed E-state index contributed by atoms with van der Waals surface area (Å²) in [6, 6.07) is 20.6. The minimum atomic E-state index is 0.704. The van der Waals surface area contributed by atoms with Crippen molar-refractivity contribution in [2.24, 2.45) is 0 Å². The zero-order chi connectivity index (χ0) is 18.6. The number of hydrogen-bond donors (Lipinski definition) is 1. The maximum atomic E-state index is 5.23. The van der Waals surface area contributed by atoms with Gasteiger partial charge >= 0.3 is 0 Å². The van der Waals surface area contributed by atoms with Gasteiger partial charge in [-0.25, -0.2) is 9.97 Å². The fraction of sp³-hybridized carbons (Fsp3) is 0.182. The SMILES string of the molecule is COc1ccc(CNc2nc(Cc3ccccc3)nc3sc(C)cc23)cc1. The summed E-state index contributed by atoms with van der Waals surface area (Å²) in [7, 11) is 1.68. The molecule has 0 amide bonds. The predicted molar refractivity (Wildman–Crippen MR) is 112 cm³/mol. The highest BCUT2D eigenvalue weighted by molar-refractivity contribution is 7.18. The maximum Gasteiger partial charge on any atom is 0.138 e. The lowest BCUT2D eigenvalue weighted by molar-refractivity contribution is 0.414. The minimum absolute atomic E-state index is 0.704. The van der Waals surface area contributed by atoms with Gasteiger partial charge in [-0.05, 0) is 36.2 Å². The molecule has 0 saturated heterocycles. The zero-order valence-corrected chi connectivity index (χ0v) is 16.2. The summed E-state index contributed by atoms with van der Waals surface area (Å²) in [6.45, 7) is 2.81. The molecule has 5 heteroatoms. The third-order valence-corrected chi connectivity index (χ3v) is 5.33. The van der Waals surface area contributed by atoms with Gasteiger partial charge < -0.3 is 10.1 Å². The molecule has 136 valence electrons. The lowest BCUT2D eigenvalue weighted by atomic mass is 10.1. The van der Waals surface area contributed by atoms with Crippen molar-refractivity contribution in [3.8, 4) is 5.75 Å². The van der Waals surface area contributed by atoms with E-state index in [-0.39, 0.29) is 0 Å². The molecule has 0 spiro atoms. The number of fused-ring (bicyclic) bond motifs is 1. The Kier molecular flexibility index (Phi) is 5.03. The van der Waals surface area contributed by atoms with Gasteiger partial charge in [0.2, 0.25) is 0 Å². The predicted octanol–water partition coefficient (Wildman–Crippen LogP) is 5.21. The van der Waals surface area contributed by atoms with Crippen LogP contribution in [0.25, 0.3) is 10.2 Å². The van der Waals surface area contributed by atoms with Crippen LogP contribution < -0.4 is 10.1 Å². The molecule has 0 fully saturated rings. The van der Waals surface area contributed by atoms with Crippen LogP contribution in [0.1, 0.15) is 21.8 Å². The van der Waals surface area contributed by atoms with Crippen LogP contribution in [0, 0.1) is 6.92 Å². The van der Waals surface area contributed by atoms with Crippen molar-refractivity contribution in [1.29, 1.82) is 0 Å². The van der Waals surface area contributed by atoms with E-state index >= 15 is 0 Å². The summed E-state index contributed by atoms with van der Waals surface area (Å²) in [5, 5.41) is 4.58. The van der Waals surface area contributed by atoms with E-state index in [0.717, 1.165) is 34.0 Å². The van der Waals surface area contributed by atoms with Crippen LogP contribution in [0.5, 0.6) is 5.75 Å². The molecular weight excluding hydrogens is 354 g/mol. The molecule has 0 unspecified atom stereocenters. The maximum absolute atomic E-state index is 5.23. The number of hydrogen-bond acceptors (Lipinski definition) is 5. The van der Waals surface area contributed by atoms with Crippen LogP contribution in [0.4, 0.5) is 5.82 Å². The third-order valence-electron chi connectivity index (χ3n) is 4.39. The van der Waals surface area contributed by atoms with Gasteiger partial charge in [0.1, 0.15) is 22.2 Å². The number of methoxy groups -OCH3 is 1. The highest BCUT2D eigenvalue weighted by atomic mass is 32.1. The zero-order valence-electron chi connectivity index (χ0n) is 15.4. The largest absolute Gasteiger partial charge is 0.497 e. The van der Waals surface area contributed by atoms with Crippen molar-refractivity contribution in [2.45, 2.75) is 19.9 Å². The Labute approximate surface area is 162 Å². The highest BCUT2D eigenvalue weighted by Crippen LogP contribution is 2.29. The Morgan fingerprint density at radius 1 is 0.963 bits per heavy atom. The minimum Gasteiger partial charge on any atom is -0.497 e. The number of ether oxygens (including phenoxy) is 1. The van der Waals surface area contributed by atoms with Crippen molar-refractivity contribution in [3.05, 3.63) is 82.5 Å². The Balaban J connectivity index is 1.61. The number of rotatable bonds is 6. The van der Waals surface area contributed by atoms with E-state index in [9.17, 15) is 0 Å². The number of thiophene rings is 1. The van der Waals surface area contributed by atoms with E-state index in [1.807, 2.05) is 30.3 Å². The van der Waals surface area contributed by atoms with Crippen LogP contribution >= 0.6 is 11.3 Å². The molecule has 0 radical (unpaired) electrons. The summed E-state index contributed by atoms with van der Waals surface area (Å²) in [5.41, 5.74) is 2.39. The molecule has 0 aliphatic rings. The lowest BCUT2D eigenvalue weighted by Crippen LogP contribution is -2.05. The Morgan fingerprint density at radius 2 is 1.74 bits per heavy atom. The molecule has 4 aromatic rings. The summed E-state index contributed by atoms with van der Waals surface area (Å²) < 4.78 is 5.23. The van der Waals surface area contributed by atoms with Crippen molar-refractivity contribution in [2.75, 3.05) is 12.4 Å².